The number of ether oxygens (including phenoxy) is 1. The third-order valence-corrected chi connectivity index (χ3v) is 7.51. The summed E-state index contributed by atoms with van der Waals surface area (Å²) in [5.74, 6) is -0.225. The predicted octanol–water partition coefficient (Wildman–Crippen LogP) is 3.53. The topological polar surface area (TPSA) is 84.5 Å². The van der Waals surface area contributed by atoms with Gasteiger partial charge < -0.3 is 10.1 Å². The number of carbonyl (C=O) groups is 1. The minimum atomic E-state index is -3.77. The number of carbonyl (C=O) groups excluding carboxylic acids is 1. The number of hydrogen-bond acceptors (Lipinski definition) is 4. The van der Waals surface area contributed by atoms with Crippen molar-refractivity contribution in [3.8, 4) is 0 Å². The summed E-state index contributed by atoms with van der Waals surface area (Å²) >= 11 is 12.0. The van der Waals surface area contributed by atoms with Crippen LogP contribution in [0.3, 0.4) is 0 Å². The van der Waals surface area contributed by atoms with E-state index in [1.165, 1.54) is 12.1 Å². The van der Waals surface area contributed by atoms with E-state index >= 15 is 0 Å². The fraction of sp³-hybridized carbons (Fsp3) is 0.381. The number of halogens is 2. The molecule has 9 heteroatoms. The average Bonchev–Trinajstić information content (AvgIpc) is 2.73. The van der Waals surface area contributed by atoms with Crippen molar-refractivity contribution in [1.82, 2.24) is 10.0 Å². The van der Waals surface area contributed by atoms with Gasteiger partial charge in [0.15, 0.2) is 0 Å². The molecule has 2 N–H and O–H groups in total. The maximum atomic E-state index is 12.4. The molecule has 1 heterocycles. The van der Waals surface area contributed by atoms with Crippen LogP contribution in [0.2, 0.25) is 10.0 Å². The second-order valence-electron chi connectivity index (χ2n) is 7.25. The Hall–Kier alpha value is -1.64. The van der Waals surface area contributed by atoms with E-state index in [0.29, 0.717) is 24.8 Å². The monoisotopic (exact) mass is 470 g/mol. The highest BCUT2D eigenvalue weighted by Gasteiger charge is 2.34. The third kappa shape index (κ3) is 5.74. The molecule has 0 saturated carbocycles. The van der Waals surface area contributed by atoms with Gasteiger partial charge in [-0.1, -0.05) is 47.5 Å². The SMILES string of the molecule is O=C(CCNS(=O)(=O)c1ccccc1Cl)NCC1(c2ccc(Cl)cc2)CCOCC1. The van der Waals surface area contributed by atoms with Crippen LogP contribution in [0.25, 0.3) is 0 Å². The largest absolute Gasteiger partial charge is 0.381 e. The van der Waals surface area contributed by atoms with Crippen molar-refractivity contribution in [2.45, 2.75) is 29.6 Å². The average molecular weight is 471 g/mol. The molecule has 6 nitrogen and oxygen atoms in total. The molecule has 30 heavy (non-hydrogen) atoms. The van der Waals surface area contributed by atoms with E-state index in [2.05, 4.69) is 10.0 Å². The second kappa shape index (κ2) is 10.1. The summed E-state index contributed by atoms with van der Waals surface area (Å²) < 4.78 is 32.6. The smallest absolute Gasteiger partial charge is 0.242 e. The highest BCUT2D eigenvalue weighted by Crippen LogP contribution is 2.35. The van der Waals surface area contributed by atoms with E-state index in [9.17, 15) is 13.2 Å². The number of hydrogen-bond donors (Lipinski definition) is 2. The molecule has 3 rings (SSSR count). The van der Waals surface area contributed by atoms with Crippen molar-refractivity contribution in [3.63, 3.8) is 0 Å². The lowest BCUT2D eigenvalue weighted by molar-refractivity contribution is -0.121. The first kappa shape index (κ1) is 23.0. The Morgan fingerprint density at radius 3 is 2.37 bits per heavy atom. The van der Waals surface area contributed by atoms with Gasteiger partial charge in [0.25, 0.3) is 0 Å². The number of sulfonamides is 1. The summed E-state index contributed by atoms with van der Waals surface area (Å²) in [6, 6.07) is 13.8. The van der Waals surface area contributed by atoms with Gasteiger partial charge in [0.2, 0.25) is 15.9 Å². The van der Waals surface area contributed by atoms with Crippen LogP contribution in [-0.4, -0.2) is 40.6 Å². The van der Waals surface area contributed by atoms with E-state index in [1.807, 2.05) is 24.3 Å². The third-order valence-electron chi connectivity index (χ3n) is 5.30. The van der Waals surface area contributed by atoms with Crippen LogP contribution in [0.5, 0.6) is 0 Å². The minimum absolute atomic E-state index is 0.00373. The Morgan fingerprint density at radius 1 is 1.03 bits per heavy atom. The molecule has 2 aromatic carbocycles. The molecule has 1 saturated heterocycles. The Bertz CT molecular complexity index is 975. The van der Waals surface area contributed by atoms with Crippen LogP contribution >= 0.6 is 23.2 Å². The molecular formula is C21H24Cl2N2O4S. The van der Waals surface area contributed by atoms with Crippen LogP contribution in [0, 0.1) is 0 Å². The van der Waals surface area contributed by atoms with Crippen LogP contribution in [-0.2, 0) is 25.0 Å². The Balaban J connectivity index is 1.56. The summed E-state index contributed by atoms with van der Waals surface area (Å²) in [5.41, 5.74) is 0.880. The number of amides is 1. The molecule has 0 atom stereocenters. The summed E-state index contributed by atoms with van der Waals surface area (Å²) in [5, 5.41) is 3.76. The van der Waals surface area contributed by atoms with Crippen LogP contribution in [0.15, 0.2) is 53.4 Å². The van der Waals surface area contributed by atoms with Gasteiger partial charge in [-0.05, 0) is 42.7 Å². The van der Waals surface area contributed by atoms with Gasteiger partial charge in [-0.3, -0.25) is 4.79 Å². The highest BCUT2D eigenvalue weighted by atomic mass is 35.5. The molecule has 2 aromatic rings. The van der Waals surface area contributed by atoms with Gasteiger partial charge in [0.05, 0.1) is 5.02 Å². The summed E-state index contributed by atoms with van der Waals surface area (Å²) in [6.07, 6.45) is 1.60. The Labute approximate surface area is 187 Å². The Kier molecular flexibility index (Phi) is 7.76. The van der Waals surface area contributed by atoms with Crippen molar-refractivity contribution >= 4 is 39.1 Å². The highest BCUT2D eigenvalue weighted by molar-refractivity contribution is 7.89. The first-order chi connectivity index (χ1) is 14.3. The number of benzene rings is 2. The first-order valence-corrected chi connectivity index (χ1v) is 11.9. The van der Waals surface area contributed by atoms with Crippen LogP contribution < -0.4 is 10.0 Å². The molecule has 0 radical (unpaired) electrons. The zero-order chi connectivity index (χ0) is 21.6. The van der Waals surface area contributed by atoms with Crippen molar-refractivity contribution in [1.29, 1.82) is 0 Å². The van der Waals surface area contributed by atoms with Crippen LogP contribution in [0.1, 0.15) is 24.8 Å². The molecule has 1 aliphatic heterocycles. The quantitative estimate of drug-likeness (QED) is 0.617. The molecule has 1 fully saturated rings. The maximum Gasteiger partial charge on any atom is 0.242 e. The van der Waals surface area contributed by atoms with Crippen molar-refractivity contribution in [2.24, 2.45) is 0 Å². The maximum absolute atomic E-state index is 12.4. The van der Waals surface area contributed by atoms with Gasteiger partial charge >= 0.3 is 0 Å². The van der Waals surface area contributed by atoms with Gasteiger partial charge in [0.1, 0.15) is 4.90 Å². The fourth-order valence-corrected chi connectivity index (χ4v) is 5.20. The summed E-state index contributed by atoms with van der Waals surface area (Å²) in [4.78, 5) is 12.4. The molecule has 0 bridgehead atoms. The van der Waals surface area contributed by atoms with E-state index in [1.54, 1.807) is 12.1 Å². The van der Waals surface area contributed by atoms with E-state index < -0.39 is 10.0 Å². The molecule has 1 aliphatic rings. The molecule has 0 unspecified atom stereocenters. The van der Waals surface area contributed by atoms with E-state index in [4.69, 9.17) is 27.9 Å². The van der Waals surface area contributed by atoms with Crippen LogP contribution in [0.4, 0.5) is 0 Å². The zero-order valence-electron chi connectivity index (χ0n) is 16.4. The van der Waals surface area contributed by atoms with E-state index in [0.717, 1.165) is 18.4 Å². The number of nitrogens with one attached hydrogen (secondary N) is 2. The van der Waals surface area contributed by atoms with E-state index in [-0.39, 0.29) is 34.2 Å². The molecule has 0 aliphatic carbocycles. The lowest BCUT2D eigenvalue weighted by atomic mass is 9.74. The van der Waals surface area contributed by atoms with Crippen molar-refractivity contribution in [2.75, 3.05) is 26.3 Å². The standard InChI is InChI=1S/C21H24Cl2N2O4S/c22-17-7-5-16(6-8-17)21(10-13-29-14-11-21)15-24-20(26)9-12-25-30(27,28)19-4-2-1-3-18(19)23/h1-8,25H,9-15H2,(H,24,26). The first-order valence-electron chi connectivity index (χ1n) is 9.67. The van der Waals surface area contributed by atoms with Crippen molar-refractivity contribution < 1.29 is 17.9 Å². The zero-order valence-corrected chi connectivity index (χ0v) is 18.7. The van der Waals surface area contributed by atoms with Gasteiger partial charge in [-0.15, -0.1) is 0 Å². The predicted molar refractivity (Wildman–Crippen MR) is 117 cm³/mol. The minimum Gasteiger partial charge on any atom is -0.381 e. The molecule has 162 valence electrons. The van der Waals surface area contributed by atoms with Crippen molar-refractivity contribution in [3.05, 3.63) is 64.1 Å². The summed E-state index contributed by atoms with van der Waals surface area (Å²) in [6.45, 7) is 1.68. The second-order valence-corrected chi connectivity index (χ2v) is 9.83. The lowest BCUT2D eigenvalue weighted by Crippen LogP contribution is -2.45. The molecule has 1 amide bonds. The molecule has 0 spiro atoms. The van der Waals surface area contributed by atoms with Gasteiger partial charge in [0, 0.05) is 43.2 Å². The molecule has 0 aromatic heterocycles. The Morgan fingerprint density at radius 2 is 1.70 bits per heavy atom. The normalized spacial score (nSPS) is 16.2. The summed E-state index contributed by atoms with van der Waals surface area (Å²) in [7, 11) is -3.77. The van der Waals surface area contributed by atoms with Gasteiger partial charge in [-0.25, -0.2) is 13.1 Å². The van der Waals surface area contributed by atoms with Gasteiger partial charge in [-0.2, -0.15) is 0 Å². The fourth-order valence-electron chi connectivity index (χ4n) is 3.53. The molecular weight excluding hydrogens is 447 g/mol. The number of rotatable bonds is 8. The lowest BCUT2D eigenvalue weighted by Gasteiger charge is -2.38.